The monoisotopic (exact) mass is 419 g/mol. The number of hydrogen-bond acceptors (Lipinski definition) is 6. The van der Waals surface area contributed by atoms with E-state index >= 15 is 0 Å². The van der Waals surface area contributed by atoms with Gasteiger partial charge in [0.2, 0.25) is 5.91 Å². The first-order chi connectivity index (χ1) is 14.7. The molecule has 4 aromatic rings. The van der Waals surface area contributed by atoms with Crippen molar-refractivity contribution in [1.29, 1.82) is 0 Å². The Balaban J connectivity index is 1.37. The van der Waals surface area contributed by atoms with Crippen LogP contribution in [0.3, 0.4) is 0 Å². The molecular weight excluding hydrogens is 398 g/mol. The van der Waals surface area contributed by atoms with Crippen molar-refractivity contribution in [3.05, 3.63) is 75.4 Å². The third-order valence-electron chi connectivity index (χ3n) is 5.38. The summed E-state index contributed by atoms with van der Waals surface area (Å²) in [6.45, 7) is 1.21. The van der Waals surface area contributed by atoms with Gasteiger partial charge in [-0.15, -0.1) is 11.3 Å². The van der Waals surface area contributed by atoms with Crippen LogP contribution in [0.15, 0.2) is 52.4 Å². The highest BCUT2D eigenvalue weighted by Gasteiger charge is 2.29. The number of benzene rings is 1. The normalized spacial score (nSPS) is 13.4. The maximum atomic E-state index is 12.8. The van der Waals surface area contributed by atoms with Gasteiger partial charge in [0.1, 0.15) is 0 Å². The molecule has 1 aliphatic heterocycles. The molecule has 3 aromatic heterocycles. The van der Waals surface area contributed by atoms with E-state index in [9.17, 15) is 4.79 Å². The molecule has 0 bridgehead atoms. The Morgan fingerprint density at radius 1 is 1.20 bits per heavy atom. The Morgan fingerprint density at radius 2 is 2.07 bits per heavy atom. The number of thiophene rings is 1. The number of aromatic nitrogens is 4. The minimum atomic E-state index is 0.133. The van der Waals surface area contributed by atoms with E-state index in [-0.39, 0.29) is 5.91 Å². The van der Waals surface area contributed by atoms with Crippen molar-refractivity contribution in [3.63, 3.8) is 0 Å². The third kappa shape index (κ3) is 3.66. The summed E-state index contributed by atoms with van der Waals surface area (Å²) < 4.78 is 7.41. The quantitative estimate of drug-likeness (QED) is 0.496. The number of carbonyl (C=O) groups is 1. The summed E-state index contributed by atoms with van der Waals surface area (Å²) in [7, 11) is 1.92. The first kappa shape index (κ1) is 18.7. The first-order valence-electron chi connectivity index (χ1n) is 9.89. The van der Waals surface area contributed by atoms with Gasteiger partial charge in [-0.2, -0.15) is 10.1 Å². The van der Waals surface area contributed by atoms with Gasteiger partial charge in [0, 0.05) is 49.1 Å². The van der Waals surface area contributed by atoms with Gasteiger partial charge in [-0.3, -0.25) is 9.48 Å². The molecule has 4 heterocycles. The van der Waals surface area contributed by atoms with Gasteiger partial charge >= 0.3 is 0 Å². The maximum Gasteiger partial charge on any atom is 0.278 e. The molecule has 7 nitrogen and oxygen atoms in total. The Bertz CT molecular complexity index is 1160. The van der Waals surface area contributed by atoms with Crippen LogP contribution in [0.4, 0.5) is 0 Å². The number of nitrogens with zero attached hydrogens (tertiary/aromatic N) is 5. The van der Waals surface area contributed by atoms with E-state index in [1.54, 1.807) is 11.3 Å². The second-order valence-electron chi connectivity index (χ2n) is 7.40. The molecule has 0 radical (unpaired) electrons. The highest BCUT2D eigenvalue weighted by Crippen LogP contribution is 2.29. The number of carbonyl (C=O) groups excluding carboxylic acids is 1. The highest BCUT2D eigenvalue weighted by atomic mass is 32.1. The lowest BCUT2D eigenvalue weighted by Crippen LogP contribution is -2.37. The zero-order valence-electron chi connectivity index (χ0n) is 16.6. The smallest absolute Gasteiger partial charge is 0.278 e. The van der Waals surface area contributed by atoms with Gasteiger partial charge in [-0.25, -0.2) is 0 Å². The van der Waals surface area contributed by atoms with Crippen LogP contribution in [-0.4, -0.2) is 37.3 Å². The maximum absolute atomic E-state index is 12.8. The van der Waals surface area contributed by atoms with E-state index in [2.05, 4.69) is 15.2 Å². The molecule has 0 saturated heterocycles. The zero-order chi connectivity index (χ0) is 20.5. The van der Waals surface area contributed by atoms with Gasteiger partial charge in [-0.05, 0) is 17.0 Å². The predicted octanol–water partition coefficient (Wildman–Crippen LogP) is 3.25. The molecule has 0 spiro atoms. The van der Waals surface area contributed by atoms with Crippen molar-refractivity contribution in [2.24, 2.45) is 7.05 Å². The summed E-state index contributed by atoms with van der Waals surface area (Å²) in [6, 6.07) is 14.0. The minimum Gasteiger partial charge on any atom is -0.338 e. The van der Waals surface area contributed by atoms with Crippen molar-refractivity contribution < 1.29 is 9.32 Å². The number of aryl methyl sites for hydroxylation is 1. The highest BCUT2D eigenvalue weighted by molar-refractivity contribution is 7.10. The van der Waals surface area contributed by atoms with Crippen LogP contribution < -0.4 is 0 Å². The van der Waals surface area contributed by atoms with E-state index in [4.69, 9.17) is 4.52 Å². The fourth-order valence-corrected chi connectivity index (χ4v) is 4.55. The molecule has 1 aliphatic rings. The zero-order valence-corrected chi connectivity index (χ0v) is 17.4. The summed E-state index contributed by atoms with van der Waals surface area (Å²) in [5.41, 5.74) is 3.91. The molecule has 1 amide bonds. The lowest BCUT2D eigenvalue weighted by atomic mass is 10.0. The van der Waals surface area contributed by atoms with E-state index in [1.807, 2.05) is 64.5 Å². The molecule has 5 rings (SSSR count). The largest absolute Gasteiger partial charge is 0.338 e. The van der Waals surface area contributed by atoms with Crippen LogP contribution in [0.1, 0.15) is 27.5 Å². The molecule has 0 fully saturated rings. The van der Waals surface area contributed by atoms with E-state index in [0.717, 1.165) is 28.1 Å². The summed E-state index contributed by atoms with van der Waals surface area (Å²) in [6.07, 6.45) is 1.80. The molecule has 152 valence electrons. The average molecular weight is 420 g/mol. The molecule has 30 heavy (non-hydrogen) atoms. The van der Waals surface area contributed by atoms with Crippen LogP contribution >= 0.6 is 11.3 Å². The van der Waals surface area contributed by atoms with Gasteiger partial charge in [0.05, 0.1) is 6.42 Å². The van der Waals surface area contributed by atoms with Crippen LogP contribution in [0.2, 0.25) is 0 Å². The van der Waals surface area contributed by atoms with Crippen LogP contribution in [0, 0.1) is 0 Å². The predicted molar refractivity (Wildman–Crippen MR) is 113 cm³/mol. The topological polar surface area (TPSA) is 77.1 Å². The lowest BCUT2D eigenvalue weighted by molar-refractivity contribution is -0.131. The van der Waals surface area contributed by atoms with Crippen molar-refractivity contribution in [3.8, 4) is 11.6 Å². The Labute approximate surface area is 178 Å². The SMILES string of the molecule is Cn1nc(-c2nc(Cc3ccccc3)no2)c2c1CCN(C(=O)Cc1cccs1)C2. The summed E-state index contributed by atoms with van der Waals surface area (Å²) >= 11 is 1.61. The summed E-state index contributed by atoms with van der Waals surface area (Å²) in [5, 5.41) is 10.8. The summed E-state index contributed by atoms with van der Waals surface area (Å²) in [4.78, 5) is 20.3. The van der Waals surface area contributed by atoms with Gasteiger partial charge < -0.3 is 9.42 Å². The van der Waals surface area contributed by atoms with Crippen molar-refractivity contribution in [2.45, 2.75) is 25.8 Å². The fourth-order valence-electron chi connectivity index (χ4n) is 3.85. The fraction of sp³-hybridized carbons (Fsp3) is 0.273. The van der Waals surface area contributed by atoms with Gasteiger partial charge in [-0.1, -0.05) is 41.6 Å². The molecule has 1 aromatic carbocycles. The minimum absolute atomic E-state index is 0.133. The van der Waals surface area contributed by atoms with Crippen LogP contribution in [0.5, 0.6) is 0 Å². The lowest BCUT2D eigenvalue weighted by Gasteiger charge is -2.27. The van der Waals surface area contributed by atoms with Crippen molar-refractivity contribution >= 4 is 17.2 Å². The standard InChI is InChI=1S/C22H21N5O2S/c1-26-18-9-10-27(20(28)13-16-8-5-11-30-16)14-17(18)21(24-26)22-23-19(25-29-22)12-15-6-3-2-4-7-15/h2-8,11H,9-10,12-14H2,1H3. The Hall–Kier alpha value is -3.26. The molecule has 0 saturated carbocycles. The molecular formula is C22H21N5O2S. The third-order valence-corrected chi connectivity index (χ3v) is 6.25. The second kappa shape index (κ2) is 7.87. The Kier molecular flexibility index (Phi) is 4.92. The number of fused-ring (bicyclic) bond motifs is 1. The molecule has 0 unspecified atom stereocenters. The first-order valence-corrected chi connectivity index (χ1v) is 10.8. The Morgan fingerprint density at radius 3 is 2.87 bits per heavy atom. The van der Waals surface area contributed by atoms with Gasteiger partial charge in [0.25, 0.3) is 5.89 Å². The number of amides is 1. The van der Waals surface area contributed by atoms with Crippen LogP contribution in [-0.2, 0) is 37.6 Å². The van der Waals surface area contributed by atoms with E-state index in [0.29, 0.717) is 43.3 Å². The van der Waals surface area contributed by atoms with Crippen molar-refractivity contribution in [1.82, 2.24) is 24.8 Å². The van der Waals surface area contributed by atoms with Crippen LogP contribution in [0.25, 0.3) is 11.6 Å². The summed E-state index contributed by atoms with van der Waals surface area (Å²) in [5.74, 6) is 1.16. The van der Waals surface area contributed by atoms with Gasteiger partial charge in [0.15, 0.2) is 11.5 Å². The second-order valence-corrected chi connectivity index (χ2v) is 8.43. The number of rotatable bonds is 5. The molecule has 0 aliphatic carbocycles. The average Bonchev–Trinajstić information content (AvgIpc) is 3.50. The molecule has 8 heteroatoms. The molecule has 0 atom stereocenters. The van der Waals surface area contributed by atoms with Crippen molar-refractivity contribution in [2.75, 3.05) is 6.54 Å². The van der Waals surface area contributed by atoms with E-state index < -0.39 is 0 Å². The molecule has 0 N–H and O–H groups in total. The van der Waals surface area contributed by atoms with E-state index in [1.165, 1.54) is 0 Å². The number of hydrogen-bond donors (Lipinski definition) is 0.